The number of phenols is 1. The highest BCUT2D eigenvalue weighted by Gasteiger charge is 2.56. The van der Waals surface area contributed by atoms with Crippen molar-refractivity contribution in [2.75, 3.05) is 34.2 Å². The summed E-state index contributed by atoms with van der Waals surface area (Å²) in [6, 6.07) is 6.93. The van der Waals surface area contributed by atoms with Gasteiger partial charge in [0.25, 0.3) is 0 Å². The van der Waals surface area contributed by atoms with E-state index >= 15 is 0 Å². The Morgan fingerprint density at radius 3 is 2.26 bits per heavy atom. The molecule has 13 heteroatoms. The Bertz CT molecular complexity index is 1350. The van der Waals surface area contributed by atoms with Crippen LogP contribution in [0.4, 0.5) is 0 Å². The van der Waals surface area contributed by atoms with Gasteiger partial charge in [-0.05, 0) is 47.9 Å². The van der Waals surface area contributed by atoms with E-state index in [2.05, 4.69) is 0 Å². The number of aromatic hydroxyl groups is 1. The van der Waals surface area contributed by atoms with Crippen LogP contribution >= 0.6 is 0 Å². The average Bonchev–Trinajstić information content (AvgIpc) is 3.61. The van der Waals surface area contributed by atoms with Crippen LogP contribution in [0.5, 0.6) is 28.7 Å². The normalized spacial score (nSPS) is 36.5. The molecule has 0 spiro atoms. The summed E-state index contributed by atoms with van der Waals surface area (Å²) in [6.45, 7) is 1.93. The van der Waals surface area contributed by atoms with E-state index in [0.717, 1.165) is 0 Å². The molecule has 3 N–H and O–H groups in total. The van der Waals surface area contributed by atoms with Gasteiger partial charge < -0.3 is 58.0 Å². The van der Waals surface area contributed by atoms with Gasteiger partial charge in [-0.2, -0.15) is 0 Å². The number of aliphatic hydroxyl groups excluding tert-OH is 2. The van der Waals surface area contributed by atoms with E-state index in [4.69, 9.17) is 42.6 Å². The molecule has 5 aliphatic rings. The van der Waals surface area contributed by atoms with Crippen molar-refractivity contribution in [1.29, 1.82) is 0 Å². The van der Waals surface area contributed by atoms with E-state index in [9.17, 15) is 20.1 Å². The number of carbonyl (C=O) groups excluding carboxylic acids is 1. The second-order valence-corrected chi connectivity index (χ2v) is 11.0. The Kier molecular flexibility index (Phi) is 6.83. The lowest BCUT2D eigenvalue weighted by Crippen LogP contribution is -2.63. The third kappa shape index (κ3) is 4.26. The van der Waals surface area contributed by atoms with Crippen LogP contribution in [0.1, 0.15) is 35.6 Å². The first kappa shape index (κ1) is 27.5. The Morgan fingerprint density at radius 2 is 1.57 bits per heavy atom. The molecule has 226 valence electrons. The topological polar surface area (TPSA) is 161 Å². The van der Waals surface area contributed by atoms with Gasteiger partial charge in [-0.25, -0.2) is 0 Å². The third-order valence-corrected chi connectivity index (χ3v) is 8.75. The maximum atomic E-state index is 13.4. The minimum absolute atomic E-state index is 0.0301. The van der Waals surface area contributed by atoms with E-state index in [1.165, 1.54) is 14.2 Å². The number of carbonyl (C=O) groups is 1. The molecule has 0 unspecified atom stereocenters. The van der Waals surface area contributed by atoms with Crippen molar-refractivity contribution >= 4 is 5.97 Å². The van der Waals surface area contributed by atoms with E-state index < -0.39 is 66.8 Å². The van der Waals surface area contributed by atoms with Crippen molar-refractivity contribution in [3.63, 3.8) is 0 Å². The fourth-order valence-corrected chi connectivity index (χ4v) is 6.74. The molecule has 4 heterocycles. The third-order valence-electron chi connectivity index (χ3n) is 8.75. The zero-order valence-electron chi connectivity index (χ0n) is 23.1. The zero-order valence-corrected chi connectivity index (χ0v) is 23.1. The highest BCUT2D eigenvalue weighted by molar-refractivity contribution is 5.79. The van der Waals surface area contributed by atoms with Crippen LogP contribution in [0.15, 0.2) is 24.3 Å². The molecule has 0 bridgehead atoms. The number of hydrogen-bond donors (Lipinski definition) is 3. The molecular formula is C29H32O13. The van der Waals surface area contributed by atoms with E-state index in [0.29, 0.717) is 28.2 Å². The molecule has 2 aromatic carbocycles. The fraction of sp³-hybridized carbons (Fsp3) is 0.552. The lowest BCUT2D eigenvalue weighted by molar-refractivity contribution is -0.364. The molecule has 0 aromatic heterocycles. The predicted octanol–water partition coefficient (Wildman–Crippen LogP) is 1.34. The number of rotatable bonds is 5. The number of benzene rings is 2. The summed E-state index contributed by atoms with van der Waals surface area (Å²) in [5.41, 5.74) is 2.01. The van der Waals surface area contributed by atoms with Crippen molar-refractivity contribution in [3.8, 4) is 28.7 Å². The summed E-state index contributed by atoms with van der Waals surface area (Å²) in [7, 11) is 2.86. The number of cyclic esters (lactones) is 1. The Morgan fingerprint density at radius 1 is 0.881 bits per heavy atom. The SMILES string of the molecule is COc1cc([C@@H]2c3cc4c(cc3[C@@H](O[C@@H]3O[C@@H]5CO[C@@H](C)O[C@@H]5[C@H](O)[C@@H]3O)[C@H]3COC(=O)[C@H]23)OCO4)cc(OC)c1O. The molecule has 7 rings (SSSR count). The number of phenolic OH excluding ortho intramolecular Hbond substituents is 1. The van der Waals surface area contributed by atoms with Crippen LogP contribution in [0, 0.1) is 11.8 Å². The second-order valence-electron chi connectivity index (χ2n) is 11.0. The Hall–Kier alpha value is -3.33. The molecule has 3 saturated heterocycles. The lowest BCUT2D eigenvalue weighted by atomic mass is 9.66. The van der Waals surface area contributed by atoms with Gasteiger partial charge in [0.05, 0.1) is 39.5 Å². The van der Waals surface area contributed by atoms with Crippen LogP contribution in [-0.4, -0.2) is 92.5 Å². The van der Waals surface area contributed by atoms with Gasteiger partial charge in [0.15, 0.2) is 35.6 Å². The molecule has 3 fully saturated rings. The van der Waals surface area contributed by atoms with Crippen molar-refractivity contribution in [1.82, 2.24) is 0 Å². The number of methoxy groups -OCH3 is 2. The van der Waals surface area contributed by atoms with Crippen LogP contribution in [0.25, 0.3) is 0 Å². The molecule has 13 nitrogen and oxygen atoms in total. The Balaban J connectivity index is 1.32. The molecular weight excluding hydrogens is 556 g/mol. The summed E-state index contributed by atoms with van der Waals surface area (Å²) < 4.78 is 51.5. The maximum absolute atomic E-state index is 13.4. The summed E-state index contributed by atoms with van der Waals surface area (Å²) in [5.74, 6) is -1.02. The molecule has 10 atom stereocenters. The van der Waals surface area contributed by atoms with Crippen molar-refractivity contribution in [3.05, 3.63) is 41.0 Å². The number of hydrogen-bond acceptors (Lipinski definition) is 13. The predicted molar refractivity (Wildman–Crippen MR) is 138 cm³/mol. The standard InChI is InChI=1S/C29H32O13/c1-11-36-9-20-27(40-11)24(31)25(32)29(41-20)42-26-14-7-17-16(38-10-39-17)6-13(14)21(22-15(26)8-37-28(22)33)12-4-18(34-2)23(30)19(5-12)35-3/h4-7,11,15,20-22,24-27,29-32H,8-10H2,1-3H3/t11-,15+,20-,21-,22+,24-,25+,26-,27+,29+/m1/s1. The number of aliphatic hydroxyl groups is 2. The minimum atomic E-state index is -1.44. The van der Waals surface area contributed by atoms with Crippen LogP contribution in [-0.2, 0) is 28.5 Å². The second kappa shape index (κ2) is 10.4. The summed E-state index contributed by atoms with van der Waals surface area (Å²) in [4.78, 5) is 13.4. The highest BCUT2D eigenvalue weighted by Crippen LogP contribution is 2.57. The molecule has 2 aromatic rings. The lowest BCUT2D eigenvalue weighted by Gasteiger charge is -2.47. The first-order valence-corrected chi connectivity index (χ1v) is 13.8. The largest absolute Gasteiger partial charge is 0.502 e. The zero-order chi connectivity index (χ0) is 29.3. The van der Waals surface area contributed by atoms with E-state index in [1.54, 1.807) is 31.2 Å². The maximum Gasteiger partial charge on any atom is 0.310 e. The number of ether oxygens (including phenoxy) is 9. The quantitative estimate of drug-likeness (QED) is 0.430. The molecule has 0 saturated carbocycles. The first-order valence-electron chi connectivity index (χ1n) is 13.8. The van der Waals surface area contributed by atoms with Gasteiger partial charge in [-0.3, -0.25) is 4.79 Å². The fourth-order valence-electron chi connectivity index (χ4n) is 6.74. The van der Waals surface area contributed by atoms with Gasteiger partial charge in [0.1, 0.15) is 24.4 Å². The number of esters is 1. The first-order chi connectivity index (χ1) is 20.3. The molecule has 42 heavy (non-hydrogen) atoms. The van der Waals surface area contributed by atoms with Crippen LogP contribution in [0.3, 0.4) is 0 Å². The van der Waals surface area contributed by atoms with Crippen LogP contribution in [0.2, 0.25) is 0 Å². The molecule has 0 amide bonds. The summed E-state index contributed by atoms with van der Waals surface area (Å²) in [6.07, 6.45) is -6.80. The van der Waals surface area contributed by atoms with Gasteiger partial charge in [-0.1, -0.05) is 0 Å². The van der Waals surface area contributed by atoms with Gasteiger partial charge >= 0.3 is 5.97 Å². The molecule has 4 aliphatic heterocycles. The van der Waals surface area contributed by atoms with Crippen molar-refractivity contribution < 1.29 is 62.7 Å². The van der Waals surface area contributed by atoms with Crippen molar-refractivity contribution in [2.45, 2.75) is 55.9 Å². The van der Waals surface area contributed by atoms with Gasteiger partial charge in [0.2, 0.25) is 12.5 Å². The molecule has 1 aliphatic carbocycles. The minimum Gasteiger partial charge on any atom is -0.502 e. The van der Waals surface area contributed by atoms with Gasteiger partial charge in [0, 0.05) is 11.8 Å². The summed E-state index contributed by atoms with van der Waals surface area (Å²) >= 11 is 0. The highest BCUT2D eigenvalue weighted by atomic mass is 16.8. The van der Waals surface area contributed by atoms with E-state index in [1.807, 2.05) is 0 Å². The van der Waals surface area contributed by atoms with E-state index in [-0.39, 0.29) is 37.3 Å². The monoisotopic (exact) mass is 588 g/mol. The smallest absolute Gasteiger partial charge is 0.310 e. The number of fused-ring (bicyclic) bond motifs is 4. The average molecular weight is 589 g/mol. The summed E-state index contributed by atoms with van der Waals surface area (Å²) in [5, 5.41) is 32.5. The van der Waals surface area contributed by atoms with Crippen LogP contribution < -0.4 is 18.9 Å². The Labute approximate surface area is 240 Å². The van der Waals surface area contributed by atoms with Crippen molar-refractivity contribution in [2.24, 2.45) is 11.8 Å². The van der Waals surface area contributed by atoms with Gasteiger partial charge in [-0.15, -0.1) is 0 Å². The molecule has 0 radical (unpaired) electrons.